The smallest absolute Gasteiger partial charge is 0.228 e. The molecule has 2 aliphatic heterocycles. The number of rotatable bonds is 2. The van der Waals surface area contributed by atoms with Crippen molar-refractivity contribution >= 4 is 28.4 Å². The first kappa shape index (κ1) is 18.0. The summed E-state index contributed by atoms with van der Waals surface area (Å²) in [6.45, 7) is 5.88. The van der Waals surface area contributed by atoms with Crippen molar-refractivity contribution in [3.8, 4) is 0 Å². The largest absolute Gasteiger partial charge is 0.358 e. The number of carbonyl (C=O) groups excluding carboxylic acids is 2. The summed E-state index contributed by atoms with van der Waals surface area (Å²) in [7, 11) is 0. The van der Waals surface area contributed by atoms with E-state index in [-0.39, 0.29) is 17.7 Å². The van der Waals surface area contributed by atoms with Crippen molar-refractivity contribution in [3.63, 3.8) is 0 Å². The summed E-state index contributed by atoms with van der Waals surface area (Å²) in [6.07, 6.45) is 1.13. The lowest BCUT2D eigenvalue weighted by molar-refractivity contribution is -0.136. The third kappa shape index (κ3) is 2.92. The van der Waals surface area contributed by atoms with Crippen LogP contribution in [0, 0.1) is 19.8 Å². The molecule has 1 atom stereocenters. The van der Waals surface area contributed by atoms with Gasteiger partial charge < -0.3 is 14.8 Å². The third-order valence-corrected chi connectivity index (χ3v) is 6.54. The number of carbonyl (C=O) groups is 2. The van der Waals surface area contributed by atoms with E-state index in [1.165, 1.54) is 16.6 Å². The Morgan fingerprint density at radius 2 is 1.93 bits per heavy atom. The Kier molecular flexibility index (Phi) is 4.19. The third-order valence-electron chi connectivity index (χ3n) is 6.54. The molecule has 5 nitrogen and oxygen atoms in total. The Hall–Kier alpha value is -3.08. The van der Waals surface area contributed by atoms with Gasteiger partial charge in [-0.05, 0) is 37.1 Å². The second kappa shape index (κ2) is 6.76. The van der Waals surface area contributed by atoms with Gasteiger partial charge in [-0.1, -0.05) is 30.3 Å². The van der Waals surface area contributed by atoms with Gasteiger partial charge in [0.05, 0.1) is 5.92 Å². The standard InChI is InChI=1S/C24H25N3O2/c1-15-6-5-9-22(16(15)2)27-13-17(12-23(27)28)24(29)26-11-10-21-19(14-26)18-7-3-4-8-20(18)25-21/h3-9,17,25H,10-14H2,1-2H3. The van der Waals surface area contributed by atoms with Gasteiger partial charge in [-0.2, -0.15) is 0 Å². The maximum Gasteiger partial charge on any atom is 0.228 e. The molecule has 5 heteroatoms. The molecule has 2 amide bonds. The molecule has 3 aromatic rings. The summed E-state index contributed by atoms with van der Waals surface area (Å²) in [6, 6.07) is 14.3. The summed E-state index contributed by atoms with van der Waals surface area (Å²) in [4.78, 5) is 33.2. The van der Waals surface area contributed by atoms with Crippen LogP contribution in [0.2, 0.25) is 0 Å². The molecule has 148 valence electrons. The number of amides is 2. The topological polar surface area (TPSA) is 56.4 Å². The molecule has 29 heavy (non-hydrogen) atoms. The second-order valence-corrected chi connectivity index (χ2v) is 8.26. The molecule has 0 spiro atoms. The van der Waals surface area contributed by atoms with Gasteiger partial charge in [0, 0.05) is 60.3 Å². The molecular weight excluding hydrogens is 362 g/mol. The van der Waals surface area contributed by atoms with E-state index in [4.69, 9.17) is 0 Å². The Bertz CT molecular complexity index is 1130. The van der Waals surface area contributed by atoms with Crippen LogP contribution in [0.5, 0.6) is 0 Å². The van der Waals surface area contributed by atoms with Crippen molar-refractivity contribution in [1.29, 1.82) is 0 Å². The number of aromatic nitrogens is 1. The predicted molar refractivity (Wildman–Crippen MR) is 114 cm³/mol. The number of nitrogens with zero attached hydrogens (tertiary/aromatic N) is 2. The average molecular weight is 387 g/mol. The predicted octanol–water partition coefficient (Wildman–Crippen LogP) is 3.72. The maximum atomic E-state index is 13.3. The van der Waals surface area contributed by atoms with Crippen LogP contribution in [0.15, 0.2) is 42.5 Å². The molecule has 1 fully saturated rings. The fraction of sp³-hybridized carbons (Fsp3) is 0.333. The molecule has 1 unspecified atom stereocenters. The highest BCUT2D eigenvalue weighted by Crippen LogP contribution is 2.32. The van der Waals surface area contributed by atoms with Crippen LogP contribution in [0.4, 0.5) is 5.69 Å². The van der Waals surface area contributed by atoms with E-state index in [1.54, 1.807) is 4.90 Å². The first-order valence-corrected chi connectivity index (χ1v) is 10.3. The number of fused-ring (bicyclic) bond motifs is 3. The van der Waals surface area contributed by atoms with Gasteiger partial charge in [-0.3, -0.25) is 9.59 Å². The molecule has 1 aromatic heterocycles. The van der Waals surface area contributed by atoms with E-state index in [1.807, 2.05) is 36.1 Å². The molecule has 0 bridgehead atoms. The highest BCUT2D eigenvalue weighted by atomic mass is 16.2. The molecule has 5 rings (SSSR count). The zero-order valence-electron chi connectivity index (χ0n) is 16.9. The van der Waals surface area contributed by atoms with E-state index in [0.29, 0.717) is 26.1 Å². The summed E-state index contributed by atoms with van der Waals surface area (Å²) < 4.78 is 0. The molecule has 0 saturated carbocycles. The number of para-hydroxylation sites is 1. The Morgan fingerprint density at radius 1 is 1.10 bits per heavy atom. The van der Waals surface area contributed by atoms with Crippen LogP contribution in [-0.2, 0) is 22.6 Å². The lowest BCUT2D eigenvalue weighted by Crippen LogP contribution is -2.40. The number of hydrogen-bond donors (Lipinski definition) is 1. The Labute approximate surface area is 170 Å². The second-order valence-electron chi connectivity index (χ2n) is 8.26. The van der Waals surface area contributed by atoms with Gasteiger partial charge in [0.2, 0.25) is 11.8 Å². The number of benzene rings is 2. The van der Waals surface area contributed by atoms with E-state index in [2.05, 4.69) is 30.1 Å². The number of nitrogens with one attached hydrogen (secondary N) is 1. The first-order chi connectivity index (χ1) is 14.0. The Morgan fingerprint density at radius 3 is 2.79 bits per heavy atom. The minimum absolute atomic E-state index is 0.0434. The summed E-state index contributed by atoms with van der Waals surface area (Å²) in [5.41, 5.74) is 6.78. The average Bonchev–Trinajstić information content (AvgIpc) is 3.29. The normalized spacial score (nSPS) is 19.1. The molecule has 0 radical (unpaired) electrons. The van der Waals surface area contributed by atoms with Crippen LogP contribution in [0.25, 0.3) is 10.9 Å². The lowest BCUT2D eigenvalue weighted by atomic mass is 10.0. The van der Waals surface area contributed by atoms with Gasteiger partial charge in [0.1, 0.15) is 0 Å². The molecule has 0 aliphatic carbocycles. The van der Waals surface area contributed by atoms with E-state index >= 15 is 0 Å². The molecule has 1 saturated heterocycles. The van der Waals surface area contributed by atoms with Gasteiger partial charge in [-0.25, -0.2) is 0 Å². The monoisotopic (exact) mass is 387 g/mol. The molecule has 3 heterocycles. The van der Waals surface area contributed by atoms with Crippen LogP contribution < -0.4 is 4.90 Å². The summed E-state index contributed by atoms with van der Waals surface area (Å²) in [5, 5.41) is 1.19. The van der Waals surface area contributed by atoms with Gasteiger partial charge in [-0.15, -0.1) is 0 Å². The van der Waals surface area contributed by atoms with Crippen LogP contribution in [0.3, 0.4) is 0 Å². The van der Waals surface area contributed by atoms with Crippen LogP contribution >= 0.6 is 0 Å². The van der Waals surface area contributed by atoms with Gasteiger partial charge in [0.15, 0.2) is 0 Å². The number of aromatic amines is 1. The van der Waals surface area contributed by atoms with Crippen LogP contribution in [-0.4, -0.2) is 34.8 Å². The highest BCUT2D eigenvalue weighted by molar-refractivity contribution is 6.01. The molecule has 1 N–H and O–H groups in total. The van der Waals surface area contributed by atoms with Crippen molar-refractivity contribution in [2.45, 2.75) is 33.2 Å². The van der Waals surface area contributed by atoms with E-state index in [0.717, 1.165) is 28.8 Å². The fourth-order valence-electron chi connectivity index (χ4n) is 4.75. The number of H-pyrrole nitrogens is 1. The van der Waals surface area contributed by atoms with Crippen LogP contribution in [0.1, 0.15) is 28.8 Å². The summed E-state index contributed by atoms with van der Waals surface area (Å²) in [5.74, 6) is -0.127. The molecule has 2 aromatic carbocycles. The van der Waals surface area contributed by atoms with Crippen molar-refractivity contribution in [2.75, 3.05) is 18.0 Å². The zero-order valence-corrected chi connectivity index (χ0v) is 16.9. The van der Waals surface area contributed by atoms with Gasteiger partial charge in [0.25, 0.3) is 0 Å². The summed E-state index contributed by atoms with van der Waals surface area (Å²) >= 11 is 0. The Balaban J connectivity index is 1.36. The highest BCUT2D eigenvalue weighted by Gasteiger charge is 2.38. The fourth-order valence-corrected chi connectivity index (χ4v) is 4.75. The SMILES string of the molecule is Cc1cccc(N2CC(C(=O)N3CCc4[nH]c5ccccc5c4C3)CC2=O)c1C. The van der Waals surface area contributed by atoms with Gasteiger partial charge >= 0.3 is 0 Å². The van der Waals surface area contributed by atoms with E-state index in [9.17, 15) is 9.59 Å². The van der Waals surface area contributed by atoms with E-state index < -0.39 is 0 Å². The minimum atomic E-state index is -0.269. The number of aryl methyl sites for hydroxylation is 1. The van der Waals surface area contributed by atoms with Crippen molar-refractivity contribution in [3.05, 3.63) is 64.8 Å². The first-order valence-electron chi connectivity index (χ1n) is 10.3. The van der Waals surface area contributed by atoms with Crippen molar-refractivity contribution in [1.82, 2.24) is 9.88 Å². The number of hydrogen-bond acceptors (Lipinski definition) is 2. The lowest BCUT2D eigenvalue weighted by Gasteiger charge is -2.29. The molecular formula is C24H25N3O2. The number of anilines is 1. The van der Waals surface area contributed by atoms with Crippen molar-refractivity contribution in [2.24, 2.45) is 5.92 Å². The maximum absolute atomic E-state index is 13.3. The quantitative estimate of drug-likeness (QED) is 0.729. The minimum Gasteiger partial charge on any atom is -0.358 e. The van der Waals surface area contributed by atoms with Crippen molar-refractivity contribution < 1.29 is 9.59 Å². The zero-order chi connectivity index (χ0) is 20.1. The molecule has 2 aliphatic rings.